The van der Waals surface area contributed by atoms with E-state index in [4.69, 9.17) is 15.4 Å². The van der Waals surface area contributed by atoms with Crippen molar-refractivity contribution >= 4 is 44.2 Å². The molecule has 1 amide bonds. The summed E-state index contributed by atoms with van der Waals surface area (Å²) in [6, 6.07) is 16.4. The average molecular weight is 536 g/mol. The van der Waals surface area contributed by atoms with Gasteiger partial charge < -0.3 is 20.5 Å². The van der Waals surface area contributed by atoms with Crippen LogP contribution in [0.2, 0.25) is 0 Å². The number of halogens is 1. The normalized spacial score (nSPS) is 11.6. The van der Waals surface area contributed by atoms with Gasteiger partial charge in [0.1, 0.15) is 11.5 Å². The predicted octanol–water partition coefficient (Wildman–Crippen LogP) is 3.37. The zero-order valence-corrected chi connectivity index (χ0v) is 21.0. The highest BCUT2D eigenvalue weighted by atomic mass is 32.2. The van der Waals surface area contributed by atoms with E-state index in [9.17, 15) is 13.2 Å². The number of nitrogens with zero attached hydrogens (tertiary/aromatic N) is 4. The molecule has 0 saturated carbocycles. The zero-order valence-electron chi connectivity index (χ0n) is 20.2. The number of anilines is 3. The second-order valence-corrected chi connectivity index (χ2v) is 10.2. The molecular formula is C25H22FN7O4S. The van der Waals surface area contributed by atoms with Gasteiger partial charge in [-0.1, -0.05) is 23.4 Å². The molecule has 0 fully saturated rings. The quantitative estimate of drug-likeness (QED) is 0.298. The largest absolute Gasteiger partial charge is 0.380 e. The summed E-state index contributed by atoms with van der Waals surface area (Å²) in [5.74, 6) is -0.585. The van der Waals surface area contributed by atoms with Crippen molar-refractivity contribution < 1.29 is 22.1 Å². The lowest BCUT2D eigenvalue weighted by Gasteiger charge is -2.12. The number of benzene rings is 3. The molecule has 2 heterocycles. The third kappa shape index (κ3) is 4.55. The molecule has 13 heteroatoms. The highest BCUT2D eigenvalue weighted by Gasteiger charge is 2.21. The van der Waals surface area contributed by atoms with Crippen molar-refractivity contribution in [3.63, 3.8) is 0 Å². The molecule has 0 aliphatic carbocycles. The highest BCUT2D eigenvalue weighted by molar-refractivity contribution is 7.89. The maximum atomic E-state index is 15.1. The van der Waals surface area contributed by atoms with Gasteiger partial charge in [0.15, 0.2) is 17.2 Å². The minimum absolute atomic E-state index is 0.0205. The van der Waals surface area contributed by atoms with Crippen LogP contribution < -0.4 is 21.1 Å². The first-order valence-corrected chi connectivity index (χ1v) is 12.7. The Hall–Kier alpha value is -4.75. The first-order chi connectivity index (χ1) is 18.0. The minimum atomic E-state index is -4.08. The van der Waals surface area contributed by atoms with Crippen LogP contribution in [0.15, 0.2) is 76.1 Å². The maximum absolute atomic E-state index is 15.1. The number of amides is 1. The molecule has 2 aromatic heterocycles. The van der Waals surface area contributed by atoms with Gasteiger partial charge in [-0.2, -0.15) is 0 Å². The number of sulfonamides is 1. The topological polar surface area (TPSA) is 162 Å². The van der Waals surface area contributed by atoms with Gasteiger partial charge in [-0.05, 0) is 42.5 Å². The lowest BCUT2D eigenvalue weighted by Crippen LogP contribution is -2.17. The Labute approximate surface area is 216 Å². The molecular weight excluding hydrogens is 513 g/mol. The average Bonchev–Trinajstić information content (AvgIpc) is 3.48. The van der Waals surface area contributed by atoms with Gasteiger partial charge in [0.2, 0.25) is 10.0 Å². The summed E-state index contributed by atoms with van der Waals surface area (Å²) in [7, 11) is -0.518. The fraction of sp³-hybridized carbons (Fsp3) is 0.0800. The first-order valence-electron chi connectivity index (χ1n) is 11.2. The van der Waals surface area contributed by atoms with Crippen LogP contribution in [-0.4, -0.2) is 43.4 Å². The number of carbonyl (C=O) groups excluding carboxylic acids is 1. The van der Waals surface area contributed by atoms with E-state index in [0.717, 1.165) is 6.07 Å². The number of aromatic nitrogens is 3. The molecule has 0 atom stereocenters. The number of nitrogens with two attached hydrogens (primary N) is 2. The number of hydrogen-bond acceptors (Lipinski definition) is 8. The van der Waals surface area contributed by atoms with Crippen molar-refractivity contribution in [3.8, 4) is 16.8 Å². The highest BCUT2D eigenvalue weighted by Crippen LogP contribution is 2.31. The third-order valence-corrected chi connectivity index (χ3v) is 6.79. The van der Waals surface area contributed by atoms with Crippen molar-refractivity contribution in [2.75, 3.05) is 30.0 Å². The minimum Gasteiger partial charge on any atom is -0.380 e. The first kappa shape index (κ1) is 24.9. The van der Waals surface area contributed by atoms with E-state index < -0.39 is 21.7 Å². The Morgan fingerprint density at radius 3 is 2.53 bits per heavy atom. The van der Waals surface area contributed by atoms with Crippen LogP contribution in [0.4, 0.5) is 21.7 Å². The van der Waals surface area contributed by atoms with E-state index in [1.54, 1.807) is 49.3 Å². The van der Waals surface area contributed by atoms with Crippen LogP contribution in [0, 0.1) is 5.82 Å². The number of fused-ring (bicyclic) bond motifs is 1. The molecule has 194 valence electrons. The zero-order chi connectivity index (χ0) is 27.2. The smallest absolute Gasteiger partial charge is 0.274 e. The van der Waals surface area contributed by atoms with Gasteiger partial charge in [0.05, 0.1) is 16.0 Å². The predicted molar refractivity (Wildman–Crippen MR) is 141 cm³/mol. The summed E-state index contributed by atoms with van der Waals surface area (Å²) in [5.41, 5.74) is 7.36. The summed E-state index contributed by atoms with van der Waals surface area (Å²) in [5, 5.41) is 16.8. The molecule has 0 unspecified atom stereocenters. The third-order valence-electron chi connectivity index (χ3n) is 5.82. The number of rotatable bonds is 6. The van der Waals surface area contributed by atoms with E-state index in [1.807, 2.05) is 0 Å². The fourth-order valence-electron chi connectivity index (χ4n) is 3.97. The Morgan fingerprint density at radius 1 is 1.05 bits per heavy atom. The second kappa shape index (κ2) is 9.28. The van der Waals surface area contributed by atoms with Gasteiger partial charge in [0.25, 0.3) is 5.91 Å². The van der Waals surface area contributed by atoms with E-state index in [2.05, 4.69) is 15.6 Å². The number of nitrogen functional groups attached to an aromatic ring is 1. The summed E-state index contributed by atoms with van der Waals surface area (Å²) in [6.45, 7) is 0. The molecule has 11 nitrogen and oxygen atoms in total. The van der Waals surface area contributed by atoms with Gasteiger partial charge >= 0.3 is 0 Å². The second-order valence-electron chi connectivity index (χ2n) is 8.63. The molecule has 5 rings (SSSR count). The molecule has 0 saturated heterocycles. The van der Waals surface area contributed by atoms with Crippen molar-refractivity contribution in [2.45, 2.75) is 4.90 Å². The summed E-state index contributed by atoms with van der Waals surface area (Å²) in [4.78, 5) is 14.8. The number of nitrogens with one attached hydrogen (secondary N) is 1. The van der Waals surface area contributed by atoms with Crippen molar-refractivity contribution in [1.29, 1.82) is 0 Å². The number of primary sulfonamides is 1. The van der Waals surface area contributed by atoms with E-state index >= 15 is 4.39 Å². The Kier molecular flexibility index (Phi) is 6.09. The summed E-state index contributed by atoms with van der Waals surface area (Å²) >= 11 is 0. The van der Waals surface area contributed by atoms with Crippen LogP contribution >= 0.6 is 0 Å². The van der Waals surface area contributed by atoms with E-state index in [1.165, 1.54) is 35.0 Å². The molecule has 5 aromatic rings. The summed E-state index contributed by atoms with van der Waals surface area (Å²) < 4.78 is 45.6. The molecule has 0 bridgehead atoms. The van der Waals surface area contributed by atoms with Crippen molar-refractivity contribution in [1.82, 2.24) is 14.9 Å². The lowest BCUT2D eigenvalue weighted by molar-refractivity contribution is 0.101. The van der Waals surface area contributed by atoms with E-state index in [-0.39, 0.29) is 33.2 Å². The van der Waals surface area contributed by atoms with Crippen LogP contribution in [0.1, 0.15) is 10.5 Å². The lowest BCUT2D eigenvalue weighted by atomic mass is 10.0. The molecule has 0 aliphatic rings. The fourth-order valence-corrected chi connectivity index (χ4v) is 4.72. The van der Waals surface area contributed by atoms with Gasteiger partial charge in [-0.25, -0.2) is 22.6 Å². The molecule has 0 spiro atoms. The molecule has 5 N–H and O–H groups in total. The van der Waals surface area contributed by atoms with Crippen LogP contribution in [-0.2, 0) is 10.0 Å². The van der Waals surface area contributed by atoms with Crippen LogP contribution in [0.25, 0.3) is 27.8 Å². The standard InChI is InChI=1S/C25H22FN7O4S/c1-32(2)23-13-20(33(30-23)15-8-10-21-18(12-15)24(27)31-37-21)25(34)29-14-7-9-16(19(26)11-14)17-5-3-4-6-22(17)38(28,35)36/h3-13H,1-2H3,(H2,27,31)(H,29,34)(H2,28,35,36). The molecule has 0 radical (unpaired) electrons. The SMILES string of the molecule is CN(C)c1cc(C(=O)Nc2ccc(-c3ccccc3S(N)(=O)=O)c(F)c2)n(-c2ccc3onc(N)c3c2)n1. The maximum Gasteiger partial charge on any atom is 0.274 e. The van der Waals surface area contributed by atoms with Crippen LogP contribution in [0.5, 0.6) is 0 Å². The van der Waals surface area contributed by atoms with Gasteiger partial charge in [-0.3, -0.25) is 4.79 Å². The number of hydrogen-bond donors (Lipinski definition) is 3. The van der Waals surface area contributed by atoms with Gasteiger partial charge in [-0.15, -0.1) is 5.10 Å². The van der Waals surface area contributed by atoms with Crippen molar-refractivity contribution in [3.05, 3.63) is 78.2 Å². The Bertz CT molecular complexity index is 1810. The summed E-state index contributed by atoms with van der Waals surface area (Å²) in [6.07, 6.45) is 0. The van der Waals surface area contributed by atoms with Crippen molar-refractivity contribution in [2.24, 2.45) is 5.14 Å². The van der Waals surface area contributed by atoms with Crippen LogP contribution in [0.3, 0.4) is 0 Å². The molecule has 3 aromatic carbocycles. The number of carbonyl (C=O) groups is 1. The monoisotopic (exact) mass is 535 g/mol. The molecule has 38 heavy (non-hydrogen) atoms. The Balaban J connectivity index is 1.50. The van der Waals surface area contributed by atoms with Gasteiger partial charge in [0, 0.05) is 37.0 Å². The van der Waals surface area contributed by atoms with E-state index in [0.29, 0.717) is 22.5 Å². The molecule has 0 aliphatic heterocycles. The Morgan fingerprint density at radius 2 is 1.82 bits per heavy atom.